The van der Waals surface area contributed by atoms with Gasteiger partial charge in [-0.1, -0.05) is 35.5 Å². The van der Waals surface area contributed by atoms with Gasteiger partial charge >= 0.3 is 0 Å². The van der Waals surface area contributed by atoms with E-state index in [1.165, 1.54) is 0 Å². The van der Waals surface area contributed by atoms with Crippen LogP contribution < -0.4 is 10.6 Å². The van der Waals surface area contributed by atoms with Gasteiger partial charge in [-0.3, -0.25) is 9.48 Å². The normalized spacial score (nSPS) is 14.5. The molecule has 0 radical (unpaired) electrons. The third-order valence-corrected chi connectivity index (χ3v) is 4.88. The van der Waals surface area contributed by atoms with Crippen LogP contribution in [0.2, 0.25) is 0 Å². The van der Waals surface area contributed by atoms with Crippen LogP contribution in [0.5, 0.6) is 0 Å². The van der Waals surface area contributed by atoms with Crippen molar-refractivity contribution in [2.24, 2.45) is 0 Å². The van der Waals surface area contributed by atoms with E-state index in [1.807, 2.05) is 48.1 Å². The van der Waals surface area contributed by atoms with E-state index in [0.29, 0.717) is 24.0 Å². The Hall–Kier alpha value is -2.71. The van der Waals surface area contributed by atoms with Gasteiger partial charge in [-0.25, -0.2) is 4.68 Å². The van der Waals surface area contributed by atoms with Gasteiger partial charge in [0.1, 0.15) is 0 Å². The lowest BCUT2D eigenvalue weighted by molar-refractivity contribution is 0.102. The fourth-order valence-electron chi connectivity index (χ4n) is 3.42. The van der Waals surface area contributed by atoms with Crippen LogP contribution in [0, 0.1) is 6.92 Å². The van der Waals surface area contributed by atoms with Crippen LogP contribution >= 0.6 is 12.4 Å². The number of nitrogens with one attached hydrogen (secondary N) is 2. The Bertz CT molecular complexity index is 916. The maximum Gasteiger partial charge on any atom is 0.278 e. The molecule has 1 saturated heterocycles. The number of aromatic nitrogens is 5. The van der Waals surface area contributed by atoms with Gasteiger partial charge in [0.2, 0.25) is 0 Å². The summed E-state index contributed by atoms with van der Waals surface area (Å²) >= 11 is 0. The van der Waals surface area contributed by atoms with Crippen LogP contribution in [0.25, 0.3) is 0 Å². The molecule has 4 rings (SSSR count). The van der Waals surface area contributed by atoms with E-state index in [-0.39, 0.29) is 18.3 Å². The predicted octanol–water partition coefficient (Wildman–Crippen LogP) is 2.43. The van der Waals surface area contributed by atoms with E-state index in [2.05, 4.69) is 26.0 Å². The Labute approximate surface area is 169 Å². The summed E-state index contributed by atoms with van der Waals surface area (Å²) in [5.74, 6) is -0.257. The molecule has 1 aliphatic heterocycles. The molecular formula is C19H24ClN7O. The van der Waals surface area contributed by atoms with Crippen molar-refractivity contribution in [2.75, 3.05) is 18.4 Å². The Kier molecular flexibility index (Phi) is 6.43. The molecule has 1 aromatic carbocycles. The summed E-state index contributed by atoms with van der Waals surface area (Å²) in [5.41, 5.74) is 2.96. The first-order valence-corrected chi connectivity index (χ1v) is 9.21. The standard InChI is InChI=1S/C19H23N7O.ClH/c1-14-18(23-24-26(14)17-7-9-20-10-8-17)19(27)22-16-11-21-25(13-16)12-15-5-3-2-4-6-15;/h2-6,11,13,17,20H,7-10,12H2,1H3,(H,22,27);1H. The van der Waals surface area contributed by atoms with E-state index < -0.39 is 0 Å². The second-order valence-electron chi connectivity index (χ2n) is 6.82. The van der Waals surface area contributed by atoms with Gasteiger partial charge in [-0.15, -0.1) is 17.5 Å². The van der Waals surface area contributed by atoms with Crippen LogP contribution in [0.15, 0.2) is 42.7 Å². The lowest BCUT2D eigenvalue weighted by Gasteiger charge is -2.23. The van der Waals surface area contributed by atoms with Gasteiger partial charge in [0.25, 0.3) is 5.91 Å². The van der Waals surface area contributed by atoms with Gasteiger partial charge in [-0.2, -0.15) is 5.10 Å². The summed E-state index contributed by atoms with van der Waals surface area (Å²) in [6.45, 7) is 4.48. The van der Waals surface area contributed by atoms with Crippen molar-refractivity contribution in [1.29, 1.82) is 0 Å². The molecule has 0 spiro atoms. The van der Waals surface area contributed by atoms with Crippen molar-refractivity contribution >= 4 is 24.0 Å². The Balaban J connectivity index is 0.00000225. The fraction of sp³-hybridized carbons (Fsp3) is 0.368. The van der Waals surface area contributed by atoms with Crippen LogP contribution in [-0.4, -0.2) is 43.8 Å². The molecule has 3 heterocycles. The SMILES string of the molecule is Cc1c(C(=O)Nc2cnn(Cc3ccccc3)c2)nnn1C1CCNCC1.Cl. The average Bonchev–Trinajstić information content (AvgIpc) is 3.29. The number of piperidine rings is 1. The molecule has 1 aliphatic rings. The van der Waals surface area contributed by atoms with Crippen molar-refractivity contribution in [2.45, 2.75) is 32.4 Å². The number of amides is 1. The third kappa shape index (κ3) is 4.40. The highest BCUT2D eigenvalue weighted by atomic mass is 35.5. The summed E-state index contributed by atoms with van der Waals surface area (Å²) in [5, 5.41) is 18.9. The zero-order chi connectivity index (χ0) is 18.6. The highest BCUT2D eigenvalue weighted by molar-refractivity contribution is 6.03. The number of carbonyl (C=O) groups is 1. The lowest BCUT2D eigenvalue weighted by Crippen LogP contribution is -2.30. The van der Waals surface area contributed by atoms with E-state index in [9.17, 15) is 4.79 Å². The molecule has 3 aromatic rings. The molecule has 0 atom stereocenters. The number of halogens is 1. The molecule has 148 valence electrons. The molecule has 9 heteroatoms. The zero-order valence-electron chi connectivity index (χ0n) is 15.7. The highest BCUT2D eigenvalue weighted by Crippen LogP contribution is 2.20. The van der Waals surface area contributed by atoms with Crippen LogP contribution in [0.4, 0.5) is 5.69 Å². The molecule has 2 N–H and O–H groups in total. The van der Waals surface area contributed by atoms with Gasteiger partial charge < -0.3 is 10.6 Å². The number of anilines is 1. The summed E-state index contributed by atoms with van der Waals surface area (Å²) in [6.07, 6.45) is 5.46. The quantitative estimate of drug-likeness (QED) is 0.685. The maximum atomic E-state index is 12.6. The van der Waals surface area contributed by atoms with Crippen LogP contribution in [-0.2, 0) is 6.54 Å². The number of carbonyl (C=O) groups excluding carboxylic acids is 1. The first kappa shape index (κ1) is 20.0. The minimum atomic E-state index is -0.257. The molecule has 0 saturated carbocycles. The predicted molar refractivity (Wildman–Crippen MR) is 109 cm³/mol. The summed E-state index contributed by atoms with van der Waals surface area (Å²) in [6, 6.07) is 10.4. The Morgan fingerprint density at radius 2 is 2.00 bits per heavy atom. The zero-order valence-corrected chi connectivity index (χ0v) is 16.5. The molecule has 1 amide bonds. The smallest absolute Gasteiger partial charge is 0.278 e. The maximum absolute atomic E-state index is 12.6. The minimum absolute atomic E-state index is 0. The molecule has 28 heavy (non-hydrogen) atoms. The average molecular weight is 402 g/mol. The molecule has 2 aromatic heterocycles. The van der Waals surface area contributed by atoms with Crippen molar-refractivity contribution in [3.63, 3.8) is 0 Å². The molecular weight excluding hydrogens is 378 g/mol. The first-order valence-electron chi connectivity index (χ1n) is 9.21. The topological polar surface area (TPSA) is 89.7 Å². The van der Waals surface area contributed by atoms with Gasteiger partial charge in [0.05, 0.1) is 30.2 Å². The third-order valence-electron chi connectivity index (χ3n) is 4.88. The van der Waals surface area contributed by atoms with E-state index in [1.54, 1.807) is 10.9 Å². The number of benzene rings is 1. The van der Waals surface area contributed by atoms with Crippen molar-refractivity contribution in [3.05, 3.63) is 59.7 Å². The summed E-state index contributed by atoms with van der Waals surface area (Å²) < 4.78 is 3.68. The number of hydrogen-bond donors (Lipinski definition) is 2. The number of hydrogen-bond acceptors (Lipinski definition) is 5. The molecule has 1 fully saturated rings. The molecule has 0 aliphatic carbocycles. The molecule has 0 bridgehead atoms. The summed E-state index contributed by atoms with van der Waals surface area (Å²) in [7, 11) is 0. The fourth-order valence-corrected chi connectivity index (χ4v) is 3.42. The van der Waals surface area contributed by atoms with Gasteiger partial charge in [0, 0.05) is 6.20 Å². The first-order chi connectivity index (χ1) is 13.2. The van der Waals surface area contributed by atoms with Crippen LogP contribution in [0.1, 0.15) is 40.6 Å². The van der Waals surface area contributed by atoms with Crippen molar-refractivity contribution in [1.82, 2.24) is 30.1 Å². The second-order valence-corrected chi connectivity index (χ2v) is 6.82. The van der Waals surface area contributed by atoms with E-state index >= 15 is 0 Å². The largest absolute Gasteiger partial charge is 0.318 e. The lowest BCUT2D eigenvalue weighted by atomic mass is 10.1. The van der Waals surface area contributed by atoms with E-state index in [0.717, 1.165) is 37.2 Å². The molecule has 8 nitrogen and oxygen atoms in total. The number of rotatable bonds is 5. The van der Waals surface area contributed by atoms with Crippen molar-refractivity contribution < 1.29 is 4.79 Å². The Morgan fingerprint density at radius 1 is 1.25 bits per heavy atom. The van der Waals surface area contributed by atoms with Crippen LogP contribution in [0.3, 0.4) is 0 Å². The van der Waals surface area contributed by atoms with E-state index in [4.69, 9.17) is 0 Å². The highest BCUT2D eigenvalue weighted by Gasteiger charge is 2.23. The monoisotopic (exact) mass is 401 g/mol. The Morgan fingerprint density at radius 3 is 2.75 bits per heavy atom. The van der Waals surface area contributed by atoms with Gasteiger partial charge in [-0.05, 0) is 38.4 Å². The summed E-state index contributed by atoms with van der Waals surface area (Å²) in [4.78, 5) is 12.6. The second kappa shape index (κ2) is 8.99. The molecule has 0 unspecified atom stereocenters. The minimum Gasteiger partial charge on any atom is -0.318 e. The van der Waals surface area contributed by atoms with Gasteiger partial charge in [0.15, 0.2) is 5.69 Å². The van der Waals surface area contributed by atoms with Crippen molar-refractivity contribution in [3.8, 4) is 0 Å². The number of nitrogens with zero attached hydrogens (tertiary/aromatic N) is 5.